The highest BCUT2D eigenvalue weighted by Gasteiger charge is 2.67. The van der Waals surface area contributed by atoms with E-state index in [-0.39, 0.29) is 29.5 Å². The first-order valence-electron chi connectivity index (χ1n) is 12.9. The molecule has 3 amide bonds. The molecular weight excluding hydrogens is 480 g/mol. The predicted molar refractivity (Wildman–Crippen MR) is 135 cm³/mol. The third-order valence-electron chi connectivity index (χ3n) is 8.32. The Labute approximate surface area is 215 Å². The second-order valence-corrected chi connectivity index (χ2v) is 10.7. The Balaban J connectivity index is 1.35. The fourth-order valence-electron chi connectivity index (χ4n) is 6.88. The lowest BCUT2D eigenvalue weighted by molar-refractivity contribution is -0.138. The van der Waals surface area contributed by atoms with Crippen LogP contribution in [0.2, 0.25) is 5.02 Å². The number of para-hydroxylation sites is 1. The van der Waals surface area contributed by atoms with Crippen LogP contribution < -0.4 is 10.2 Å². The van der Waals surface area contributed by atoms with Gasteiger partial charge in [-0.2, -0.15) is 5.10 Å². The molecule has 10 heteroatoms. The lowest BCUT2D eigenvalue weighted by Crippen LogP contribution is -2.56. The summed E-state index contributed by atoms with van der Waals surface area (Å²) < 4.78 is 1.53. The highest BCUT2D eigenvalue weighted by Crippen LogP contribution is 2.57. The summed E-state index contributed by atoms with van der Waals surface area (Å²) in [6.45, 7) is 2.69. The van der Waals surface area contributed by atoms with Crippen molar-refractivity contribution in [2.75, 3.05) is 37.6 Å². The molecule has 6 rings (SSSR count). The van der Waals surface area contributed by atoms with Crippen LogP contribution in [0.15, 0.2) is 30.5 Å². The number of benzene rings is 1. The molecule has 3 fully saturated rings. The molecule has 2 bridgehead atoms. The second-order valence-electron chi connectivity index (χ2n) is 10.3. The first-order chi connectivity index (χ1) is 17.4. The topological polar surface area (TPSA) is 90.8 Å². The van der Waals surface area contributed by atoms with Gasteiger partial charge in [0.05, 0.1) is 10.9 Å². The number of carbonyl (C=O) groups excluding carboxylic acids is 3. The van der Waals surface area contributed by atoms with Gasteiger partial charge in [-0.05, 0) is 44.7 Å². The molecule has 2 aromatic rings. The summed E-state index contributed by atoms with van der Waals surface area (Å²) in [6.07, 6.45) is 5.60. The summed E-state index contributed by atoms with van der Waals surface area (Å²) in [7, 11) is 1.73. The number of aryl methyl sites for hydroxylation is 1. The van der Waals surface area contributed by atoms with Crippen LogP contribution in [0.3, 0.4) is 0 Å². The lowest BCUT2D eigenvalue weighted by Gasteiger charge is -2.37. The molecule has 5 heterocycles. The number of hydrogen-bond acceptors (Lipinski definition) is 5. The summed E-state index contributed by atoms with van der Waals surface area (Å²) in [6, 6.07) is 8.19. The number of hydrogen-bond donors (Lipinski definition) is 1. The molecule has 36 heavy (non-hydrogen) atoms. The summed E-state index contributed by atoms with van der Waals surface area (Å²) in [4.78, 5) is 47.1. The Bertz CT molecular complexity index is 1230. The Morgan fingerprint density at radius 2 is 1.92 bits per heavy atom. The maximum Gasteiger partial charge on any atom is 0.275 e. The van der Waals surface area contributed by atoms with Crippen molar-refractivity contribution in [3.63, 3.8) is 0 Å². The fraction of sp³-hybridized carbons (Fsp3) is 0.538. The molecule has 3 atom stereocenters. The summed E-state index contributed by atoms with van der Waals surface area (Å²) in [5.74, 6) is -0.729. The van der Waals surface area contributed by atoms with E-state index in [2.05, 4.69) is 15.3 Å². The molecule has 0 saturated carbocycles. The highest BCUT2D eigenvalue weighted by molar-refractivity contribution is 6.33. The molecule has 9 nitrogen and oxygen atoms in total. The van der Waals surface area contributed by atoms with Gasteiger partial charge in [-0.3, -0.25) is 24.0 Å². The largest absolute Gasteiger partial charge is 0.356 e. The van der Waals surface area contributed by atoms with Gasteiger partial charge >= 0.3 is 0 Å². The van der Waals surface area contributed by atoms with Crippen molar-refractivity contribution in [1.29, 1.82) is 0 Å². The number of anilines is 1. The number of halogens is 1. The molecule has 0 radical (unpaired) electrons. The Morgan fingerprint density at radius 1 is 1.11 bits per heavy atom. The smallest absolute Gasteiger partial charge is 0.275 e. The molecule has 1 spiro atoms. The number of aromatic nitrogens is 2. The average molecular weight is 511 g/mol. The van der Waals surface area contributed by atoms with E-state index in [9.17, 15) is 14.4 Å². The summed E-state index contributed by atoms with van der Waals surface area (Å²) in [5.41, 5.74) is 1.12. The normalized spacial score (nSPS) is 28.6. The zero-order valence-corrected chi connectivity index (χ0v) is 21.2. The van der Waals surface area contributed by atoms with Gasteiger partial charge in [0.25, 0.3) is 11.8 Å². The van der Waals surface area contributed by atoms with Gasteiger partial charge in [0.2, 0.25) is 5.91 Å². The van der Waals surface area contributed by atoms with Gasteiger partial charge in [0.1, 0.15) is 5.54 Å². The number of nitrogens with one attached hydrogen (secondary N) is 1. The van der Waals surface area contributed by atoms with E-state index in [4.69, 9.17) is 11.6 Å². The van der Waals surface area contributed by atoms with Gasteiger partial charge in [-0.1, -0.05) is 29.8 Å². The van der Waals surface area contributed by atoms with Crippen LogP contribution in [-0.4, -0.2) is 76.1 Å². The van der Waals surface area contributed by atoms with Crippen LogP contribution in [0.4, 0.5) is 5.69 Å². The quantitative estimate of drug-likeness (QED) is 0.635. The van der Waals surface area contributed by atoms with Crippen LogP contribution >= 0.6 is 11.6 Å². The zero-order valence-electron chi connectivity index (χ0n) is 20.5. The van der Waals surface area contributed by atoms with E-state index in [1.165, 1.54) is 4.68 Å². The second kappa shape index (κ2) is 8.88. The van der Waals surface area contributed by atoms with Crippen molar-refractivity contribution < 1.29 is 14.4 Å². The molecule has 1 N–H and O–H groups in total. The fourth-order valence-corrected chi connectivity index (χ4v) is 7.14. The zero-order chi connectivity index (χ0) is 25.0. The minimum Gasteiger partial charge on any atom is -0.356 e. The van der Waals surface area contributed by atoms with Gasteiger partial charge in [0.15, 0.2) is 5.69 Å². The number of amides is 3. The molecule has 1 aromatic heterocycles. The maximum atomic E-state index is 14.3. The molecule has 3 saturated heterocycles. The van der Waals surface area contributed by atoms with E-state index in [1.54, 1.807) is 18.1 Å². The van der Waals surface area contributed by atoms with Crippen molar-refractivity contribution in [3.8, 4) is 0 Å². The third kappa shape index (κ3) is 3.39. The number of rotatable bonds is 1. The molecule has 4 aliphatic heterocycles. The van der Waals surface area contributed by atoms with Crippen molar-refractivity contribution in [1.82, 2.24) is 24.9 Å². The number of carbonyl (C=O) groups is 3. The first-order valence-corrected chi connectivity index (χ1v) is 13.2. The minimum atomic E-state index is -0.938. The maximum absolute atomic E-state index is 14.3. The Kier molecular flexibility index (Phi) is 5.80. The van der Waals surface area contributed by atoms with Gasteiger partial charge < -0.3 is 15.1 Å². The average Bonchev–Trinajstić information content (AvgIpc) is 3.59. The van der Waals surface area contributed by atoms with Crippen LogP contribution in [0, 0.1) is 5.92 Å². The van der Waals surface area contributed by atoms with Crippen molar-refractivity contribution >= 4 is 35.0 Å². The van der Waals surface area contributed by atoms with E-state index in [1.807, 2.05) is 29.2 Å². The number of fused-ring (bicyclic) bond motifs is 4. The molecule has 0 aliphatic carbocycles. The van der Waals surface area contributed by atoms with Crippen LogP contribution in [-0.2, 0) is 22.2 Å². The van der Waals surface area contributed by atoms with Crippen LogP contribution in [0.1, 0.15) is 48.2 Å². The standard InChI is InChI=1S/C26H31ClN6O3/c1-30-16-20(27)22(29-30)24(35)31-11-5-10-28-23(34)19-15-17-7-4-14-33(17)26(19)18-8-2-3-9-21(18)32(25(26)36)13-6-12-31/h2-3,8-9,16-17,19H,4-7,10-15H2,1H3,(H,28,34)/t17-,19-,26+/m0/s1. The third-order valence-corrected chi connectivity index (χ3v) is 8.60. The van der Waals surface area contributed by atoms with Crippen molar-refractivity contribution in [2.45, 2.75) is 43.7 Å². The van der Waals surface area contributed by atoms with Crippen molar-refractivity contribution in [3.05, 3.63) is 46.7 Å². The first kappa shape index (κ1) is 23.5. The molecule has 4 aliphatic rings. The van der Waals surface area contributed by atoms with E-state index in [0.29, 0.717) is 50.5 Å². The van der Waals surface area contributed by atoms with E-state index in [0.717, 1.165) is 30.6 Å². The molecule has 1 aromatic carbocycles. The number of nitrogens with zero attached hydrogens (tertiary/aromatic N) is 5. The molecule has 0 unspecified atom stereocenters. The Hall–Kier alpha value is -2.91. The lowest BCUT2D eigenvalue weighted by atomic mass is 9.78. The van der Waals surface area contributed by atoms with Gasteiger partial charge in [0, 0.05) is 56.7 Å². The van der Waals surface area contributed by atoms with Gasteiger partial charge in [-0.25, -0.2) is 0 Å². The van der Waals surface area contributed by atoms with Crippen LogP contribution in [0.5, 0.6) is 0 Å². The van der Waals surface area contributed by atoms with Gasteiger partial charge in [-0.15, -0.1) is 0 Å². The van der Waals surface area contributed by atoms with E-state index < -0.39 is 11.5 Å². The highest BCUT2D eigenvalue weighted by atomic mass is 35.5. The van der Waals surface area contributed by atoms with Crippen LogP contribution in [0.25, 0.3) is 0 Å². The summed E-state index contributed by atoms with van der Waals surface area (Å²) in [5, 5.41) is 7.67. The minimum absolute atomic E-state index is 0.00172. The molecule has 190 valence electrons. The SMILES string of the molecule is Cn1cc(Cl)c(C(=O)N2CCCNC(=O)[C@@H]3C[C@@H]4CCCN4[C@@]34C(=O)N(CCC2)c2ccccc24)n1. The predicted octanol–water partition coefficient (Wildman–Crippen LogP) is 2.15. The monoisotopic (exact) mass is 510 g/mol. The Morgan fingerprint density at radius 3 is 2.72 bits per heavy atom. The molecular formula is C26H31ClN6O3. The van der Waals surface area contributed by atoms with E-state index >= 15 is 0 Å². The summed E-state index contributed by atoms with van der Waals surface area (Å²) >= 11 is 6.26. The van der Waals surface area contributed by atoms with Crippen molar-refractivity contribution in [2.24, 2.45) is 13.0 Å².